The molecule has 0 aliphatic heterocycles. The first-order chi connectivity index (χ1) is 20.7. The van der Waals surface area contributed by atoms with Crippen molar-refractivity contribution in [3.05, 3.63) is 89.5 Å². The van der Waals surface area contributed by atoms with Crippen molar-refractivity contribution in [3.8, 4) is 0 Å². The Labute approximate surface area is 260 Å². The molecule has 0 bridgehead atoms. The van der Waals surface area contributed by atoms with Gasteiger partial charge >= 0.3 is 8.56 Å². The second-order valence-corrected chi connectivity index (χ2v) is 16.8. The first-order valence-electron chi connectivity index (χ1n) is 15.9. The number of aliphatic imine (C=N–C) groups is 1. The Kier molecular flexibility index (Phi) is 12.0. The SMILES string of the molecule is CNc1cccc(CO[Si](OCc2cccc(NC(C(C)=Nc3ccc(CO)cc3)C3CCCC3)c2)(C(C)C)C(C)C)c1. The van der Waals surface area contributed by atoms with Gasteiger partial charge in [0, 0.05) is 24.1 Å². The number of rotatable bonds is 15. The molecule has 232 valence electrons. The highest BCUT2D eigenvalue weighted by Gasteiger charge is 2.45. The summed E-state index contributed by atoms with van der Waals surface area (Å²) in [6.45, 7) is 12.2. The monoisotopic (exact) mass is 601 g/mol. The van der Waals surface area contributed by atoms with Gasteiger partial charge in [0.05, 0.1) is 31.5 Å². The van der Waals surface area contributed by atoms with Gasteiger partial charge in [-0.15, -0.1) is 0 Å². The quantitative estimate of drug-likeness (QED) is 0.120. The Morgan fingerprint density at radius 1 is 0.837 bits per heavy atom. The van der Waals surface area contributed by atoms with Crippen LogP contribution in [0.25, 0.3) is 0 Å². The molecule has 43 heavy (non-hydrogen) atoms. The summed E-state index contributed by atoms with van der Waals surface area (Å²) >= 11 is 0. The van der Waals surface area contributed by atoms with Crippen LogP contribution in [0.4, 0.5) is 17.1 Å². The van der Waals surface area contributed by atoms with Crippen LogP contribution in [0, 0.1) is 5.92 Å². The Hall–Kier alpha value is -2.97. The lowest BCUT2D eigenvalue weighted by atomic mass is 9.94. The van der Waals surface area contributed by atoms with E-state index in [-0.39, 0.29) is 12.6 Å². The number of benzene rings is 3. The standard InChI is InChI=1S/C36H51N3O3Si/c1-26(2)43(27(3)4,41-24-30-11-9-15-34(21-30)37-6)42-25-31-12-10-16-35(22-31)39-36(32-13-7-8-14-32)28(5)38-33-19-17-29(23-40)18-20-33/h9-12,15-22,26-27,32,36-37,39-40H,7-8,13-14,23-25H2,1-6H3. The third-order valence-electron chi connectivity index (χ3n) is 8.75. The highest BCUT2D eigenvalue weighted by molar-refractivity contribution is 6.70. The molecule has 3 aromatic rings. The number of anilines is 2. The maximum Gasteiger partial charge on any atom is 0.344 e. The Morgan fingerprint density at radius 3 is 1.93 bits per heavy atom. The normalized spacial score (nSPS) is 15.3. The van der Waals surface area contributed by atoms with Crippen LogP contribution in [-0.2, 0) is 28.7 Å². The van der Waals surface area contributed by atoms with Crippen LogP contribution in [-0.4, -0.2) is 32.5 Å². The van der Waals surface area contributed by atoms with Crippen molar-refractivity contribution in [2.75, 3.05) is 17.7 Å². The van der Waals surface area contributed by atoms with Gasteiger partial charge in [0.15, 0.2) is 0 Å². The van der Waals surface area contributed by atoms with Crippen molar-refractivity contribution in [1.29, 1.82) is 0 Å². The molecule has 1 saturated carbocycles. The van der Waals surface area contributed by atoms with E-state index >= 15 is 0 Å². The van der Waals surface area contributed by atoms with Gasteiger partial charge in [-0.2, -0.15) is 0 Å². The van der Waals surface area contributed by atoms with Crippen LogP contribution in [0.1, 0.15) is 77.0 Å². The predicted octanol–water partition coefficient (Wildman–Crippen LogP) is 8.98. The minimum Gasteiger partial charge on any atom is -0.392 e. The van der Waals surface area contributed by atoms with Crippen LogP contribution < -0.4 is 10.6 Å². The van der Waals surface area contributed by atoms with Gasteiger partial charge in [-0.3, -0.25) is 4.99 Å². The molecule has 0 spiro atoms. The van der Waals surface area contributed by atoms with E-state index < -0.39 is 8.56 Å². The van der Waals surface area contributed by atoms with Crippen molar-refractivity contribution in [3.63, 3.8) is 0 Å². The van der Waals surface area contributed by atoms with Crippen molar-refractivity contribution >= 4 is 31.3 Å². The largest absolute Gasteiger partial charge is 0.392 e. The molecule has 0 aromatic heterocycles. The highest BCUT2D eigenvalue weighted by Crippen LogP contribution is 2.37. The molecular formula is C36H51N3O3Si. The molecule has 3 N–H and O–H groups in total. The molecule has 0 heterocycles. The van der Waals surface area contributed by atoms with Crippen molar-refractivity contribution in [1.82, 2.24) is 0 Å². The van der Waals surface area contributed by atoms with Crippen LogP contribution in [0.2, 0.25) is 11.1 Å². The van der Waals surface area contributed by atoms with E-state index in [9.17, 15) is 5.11 Å². The zero-order valence-electron chi connectivity index (χ0n) is 26.9. The zero-order chi connectivity index (χ0) is 30.8. The fraction of sp³-hybridized carbons (Fsp3) is 0.472. The zero-order valence-corrected chi connectivity index (χ0v) is 27.9. The summed E-state index contributed by atoms with van der Waals surface area (Å²) in [6.07, 6.45) is 4.96. The number of aliphatic hydroxyl groups excluding tert-OH is 1. The van der Waals surface area contributed by atoms with Gasteiger partial charge in [-0.25, -0.2) is 0 Å². The van der Waals surface area contributed by atoms with E-state index in [0.29, 0.717) is 30.2 Å². The van der Waals surface area contributed by atoms with Crippen LogP contribution in [0.15, 0.2) is 77.8 Å². The first kappa shape index (κ1) is 32.9. The topological polar surface area (TPSA) is 75.1 Å². The fourth-order valence-electron chi connectivity index (χ4n) is 6.32. The average molecular weight is 602 g/mol. The van der Waals surface area contributed by atoms with Gasteiger partial charge < -0.3 is 24.6 Å². The van der Waals surface area contributed by atoms with E-state index in [4.69, 9.17) is 13.8 Å². The highest BCUT2D eigenvalue weighted by atomic mass is 28.4. The molecule has 1 fully saturated rings. The summed E-state index contributed by atoms with van der Waals surface area (Å²) in [5, 5.41) is 16.5. The molecule has 4 rings (SSSR count). The third-order valence-corrected chi connectivity index (χ3v) is 13.2. The van der Waals surface area contributed by atoms with E-state index in [2.05, 4.69) is 93.8 Å². The van der Waals surface area contributed by atoms with Crippen molar-refractivity contribution < 1.29 is 14.0 Å². The number of hydrogen-bond donors (Lipinski definition) is 3. The lowest BCUT2D eigenvalue weighted by Gasteiger charge is -2.37. The van der Waals surface area contributed by atoms with Gasteiger partial charge in [-0.1, -0.05) is 76.9 Å². The molecule has 1 unspecified atom stereocenters. The number of hydrogen-bond acceptors (Lipinski definition) is 6. The molecule has 3 aromatic carbocycles. The predicted molar refractivity (Wildman–Crippen MR) is 182 cm³/mol. The molecule has 1 aliphatic rings. The lowest BCUT2D eigenvalue weighted by molar-refractivity contribution is 0.138. The maximum atomic E-state index is 9.40. The molecule has 0 saturated heterocycles. The molecular weight excluding hydrogens is 551 g/mol. The summed E-state index contributed by atoms with van der Waals surface area (Å²) in [7, 11) is -0.618. The third kappa shape index (κ3) is 8.79. The number of nitrogens with zero attached hydrogens (tertiary/aromatic N) is 1. The fourth-order valence-corrected chi connectivity index (χ4v) is 9.85. The Balaban J connectivity index is 1.49. The smallest absolute Gasteiger partial charge is 0.344 e. The first-order valence-corrected chi connectivity index (χ1v) is 17.9. The lowest BCUT2D eigenvalue weighted by Crippen LogP contribution is -2.47. The van der Waals surface area contributed by atoms with E-state index in [0.717, 1.165) is 39.5 Å². The number of aliphatic hydroxyl groups is 1. The van der Waals surface area contributed by atoms with Crippen LogP contribution in [0.5, 0.6) is 0 Å². The van der Waals surface area contributed by atoms with Gasteiger partial charge in [0.25, 0.3) is 0 Å². The van der Waals surface area contributed by atoms with Crippen molar-refractivity contribution in [2.24, 2.45) is 10.9 Å². The summed E-state index contributed by atoms with van der Waals surface area (Å²) in [5.41, 5.74) is 7.99. The summed E-state index contributed by atoms with van der Waals surface area (Å²) in [5.74, 6) is 0.553. The summed E-state index contributed by atoms with van der Waals surface area (Å²) < 4.78 is 13.6. The minimum atomic E-state index is -2.56. The molecule has 6 nitrogen and oxygen atoms in total. The van der Waals surface area contributed by atoms with E-state index in [1.807, 2.05) is 31.3 Å². The van der Waals surface area contributed by atoms with Crippen molar-refractivity contribution in [2.45, 2.75) is 97.2 Å². The second-order valence-electron chi connectivity index (χ2n) is 12.5. The average Bonchev–Trinajstić information content (AvgIpc) is 3.55. The Bertz CT molecular complexity index is 1310. The van der Waals surface area contributed by atoms with Gasteiger partial charge in [0.2, 0.25) is 0 Å². The molecule has 1 atom stereocenters. The Morgan fingerprint density at radius 2 is 1.40 bits per heavy atom. The van der Waals surface area contributed by atoms with Crippen LogP contribution in [0.3, 0.4) is 0 Å². The minimum absolute atomic E-state index is 0.0455. The number of nitrogens with one attached hydrogen (secondary N) is 2. The van der Waals surface area contributed by atoms with Crippen LogP contribution >= 0.6 is 0 Å². The molecule has 1 aliphatic carbocycles. The molecule has 0 amide bonds. The molecule has 0 radical (unpaired) electrons. The maximum absolute atomic E-state index is 9.40. The second kappa shape index (κ2) is 15.7. The van der Waals surface area contributed by atoms with E-state index in [1.165, 1.54) is 25.7 Å². The van der Waals surface area contributed by atoms with E-state index in [1.54, 1.807) is 0 Å². The van der Waals surface area contributed by atoms with Gasteiger partial charge in [-0.05, 0) is 89.9 Å². The summed E-state index contributed by atoms with van der Waals surface area (Å²) in [4.78, 5) is 4.99. The summed E-state index contributed by atoms with van der Waals surface area (Å²) in [6, 6.07) is 25.0. The molecule has 7 heteroatoms. The van der Waals surface area contributed by atoms with Gasteiger partial charge in [0.1, 0.15) is 0 Å².